The van der Waals surface area contributed by atoms with Crippen molar-refractivity contribution in [2.24, 2.45) is 0 Å². The molecule has 21 heavy (non-hydrogen) atoms. The van der Waals surface area contributed by atoms with Gasteiger partial charge in [-0.05, 0) is 24.6 Å². The Morgan fingerprint density at radius 1 is 1.19 bits per heavy atom. The third-order valence-corrected chi connectivity index (χ3v) is 3.48. The molecule has 0 spiro atoms. The van der Waals surface area contributed by atoms with E-state index in [2.05, 4.69) is 0 Å². The molecule has 1 N–H and O–H groups in total. The van der Waals surface area contributed by atoms with Gasteiger partial charge >= 0.3 is 5.97 Å². The number of carbonyl (C=O) groups is 1. The van der Waals surface area contributed by atoms with Crippen LogP contribution in [0.2, 0.25) is 0 Å². The number of hydrogen-bond donors (Lipinski definition) is 1. The first-order valence-electron chi connectivity index (χ1n) is 6.89. The molecular weight excluding hydrogens is 264 g/mol. The summed E-state index contributed by atoms with van der Waals surface area (Å²) < 4.78 is 1.98. The Morgan fingerprint density at radius 2 is 1.95 bits per heavy atom. The van der Waals surface area contributed by atoms with Crippen LogP contribution < -0.4 is 0 Å². The molecule has 0 amide bonds. The van der Waals surface area contributed by atoms with Gasteiger partial charge in [-0.1, -0.05) is 36.4 Å². The number of aromatic nitrogens is 2. The first-order valence-corrected chi connectivity index (χ1v) is 6.89. The Balaban J connectivity index is 2.17. The van der Waals surface area contributed by atoms with Gasteiger partial charge in [0.2, 0.25) is 0 Å². The second-order valence-corrected chi connectivity index (χ2v) is 5.09. The minimum atomic E-state index is -0.803. The SMILES string of the molecule is Cc1ccc2c(c1)nc(-c1ccccc1)n2CCC(=O)O. The standard InChI is InChI=1S/C17H16N2O2/c1-12-7-8-15-14(11-12)18-17(13-5-3-2-4-6-13)19(15)10-9-16(20)21/h2-8,11H,9-10H2,1H3,(H,20,21). The van der Waals surface area contributed by atoms with Crippen LogP contribution in [-0.4, -0.2) is 20.6 Å². The molecule has 0 atom stereocenters. The van der Waals surface area contributed by atoms with E-state index in [0.717, 1.165) is 28.0 Å². The zero-order valence-corrected chi connectivity index (χ0v) is 11.8. The number of rotatable bonds is 4. The van der Waals surface area contributed by atoms with Gasteiger partial charge in [-0.25, -0.2) is 4.98 Å². The second kappa shape index (κ2) is 5.40. The molecule has 2 aromatic carbocycles. The number of nitrogens with zero attached hydrogens (tertiary/aromatic N) is 2. The van der Waals surface area contributed by atoms with Gasteiger partial charge in [0.1, 0.15) is 5.82 Å². The fraction of sp³-hybridized carbons (Fsp3) is 0.176. The van der Waals surface area contributed by atoms with E-state index in [-0.39, 0.29) is 6.42 Å². The van der Waals surface area contributed by atoms with Crippen molar-refractivity contribution in [1.82, 2.24) is 9.55 Å². The van der Waals surface area contributed by atoms with Crippen LogP contribution in [0.1, 0.15) is 12.0 Å². The highest BCUT2D eigenvalue weighted by atomic mass is 16.4. The molecule has 0 aliphatic rings. The Bertz CT molecular complexity index is 791. The summed E-state index contributed by atoms with van der Waals surface area (Å²) in [4.78, 5) is 15.6. The van der Waals surface area contributed by atoms with E-state index in [1.165, 1.54) is 0 Å². The van der Waals surface area contributed by atoms with E-state index in [9.17, 15) is 4.79 Å². The average Bonchev–Trinajstić information content (AvgIpc) is 2.83. The highest BCUT2D eigenvalue weighted by Gasteiger charge is 2.13. The van der Waals surface area contributed by atoms with Crippen molar-refractivity contribution in [1.29, 1.82) is 0 Å². The fourth-order valence-corrected chi connectivity index (χ4v) is 2.48. The van der Waals surface area contributed by atoms with Crippen molar-refractivity contribution in [3.8, 4) is 11.4 Å². The maximum atomic E-state index is 10.9. The summed E-state index contributed by atoms with van der Waals surface area (Å²) in [5.74, 6) is 0.0143. The van der Waals surface area contributed by atoms with Crippen LogP contribution in [-0.2, 0) is 11.3 Å². The van der Waals surface area contributed by atoms with Gasteiger partial charge in [-0.3, -0.25) is 4.79 Å². The zero-order chi connectivity index (χ0) is 14.8. The number of carboxylic acid groups (broad SMARTS) is 1. The minimum absolute atomic E-state index is 0.0825. The third-order valence-electron chi connectivity index (χ3n) is 3.48. The van der Waals surface area contributed by atoms with Crippen LogP contribution in [0, 0.1) is 6.92 Å². The monoisotopic (exact) mass is 280 g/mol. The van der Waals surface area contributed by atoms with Crippen LogP contribution >= 0.6 is 0 Å². The van der Waals surface area contributed by atoms with Crippen LogP contribution in [0.25, 0.3) is 22.4 Å². The zero-order valence-electron chi connectivity index (χ0n) is 11.8. The summed E-state index contributed by atoms with van der Waals surface area (Å²) >= 11 is 0. The normalized spacial score (nSPS) is 10.9. The predicted octanol–water partition coefficient (Wildman–Crippen LogP) is 3.49. The molecule has 3 aromatic rings. The van der Waals surface area contributed by atoms with E-state index >= 15 is 0 Å². The molecule has 0 fully saturated rings. The fourth-order valence-electron chi connectivity index (χ4n) is 2.48. The molecule has 1 heterocycles. The van der Waals surface area contributed by atoms with E-state index in [1.54, 1.807) is 0 Å². The molecular formula is C17H16N2O2. The molecule has 0 saturated heterocycles. The summed E-state index contributed by atoms with van der Waals surface area (Å²) in [6.07, 6.45) is 0.0825. The summed E-state index contributed by atoms with van der Waals surface area (Å²) in [6, 6.07) is 15.9. The lowest BCUT2D eigenvalue weighted by molar-refractivity contribution is -0.137. The Hall–Kier alpha value is -2.62. The Morgan fingerprint density at radius 3 is 2.67 bits per heavy atom. The second-order valence-electron chi connectivity index (χ2n) is 5.09. The number of aryl methyl sites for hydroxylation is 2. The van der Waals surface area contributed by atoms with Gasteiger partial charge in [0.15, 0.2) is 0 Å². The van der Waals surface area contributed by atoms with Gasteiger partial charge in [0.25, 0.3) is 0 Å². The molecule has 0 saturated carbocycles. The van der Waals surface area contributed by atoms with Gasteiger partial charge in [0, 0.05) is 12.1 Å². The largest absolute Gasteiger partial charge is 0.481 e. The van der Waals surface area contributed by atoms with Gasteiger partial charge in [0.05, 0.1) is 17.5 Å². The Labute approximate surface area is 122 Å². The summed E-state index contributed by atoms with van der Waals surface area (Å²) in [5, 5.41) is 8.96. The number of hydrogen-bond acceptors (Lipinski definition) is 2. The van der Waals surface area contributed by atoms with Crippen LogP contribution in [0.3, 0.4) is 0 Å². The highest BCUT2D eigenvalue weighted by Crippen LogP contribution is 2.25. The number of imidazole rings is 1. The predicted molar refractivity (Wildman–Crippen MR) is 82.2 cm³/mol. The van der Waals surface area contributed by atoms with E-state index in [4.69, 9.17) is 10.1 Å². The molecule has 106 valence electrons. The molecule has 0 radical (unpaired) electrons. The minimum Gasteiger partial charge on any atom is -0.481 e. The van der Waals surface area contributed by atoms with Gasteiger partial charge < -0.3 is 9.67 Å². The van der Waals surface area contributed by atoms with Crippen LogP contribution in [0.4, 0.5) is 0 Å². The van der Waals surface area contributed by atoms with Crippen molar-refractivity contribution in [3.05, 3.63) is 54.1 Å². The molecule has 4 nitrogen and oxygen atoms in total. The number of benzene rings is 2. The third kappa shape index (κ3) is 2.65. The van der Waals surface area contributed by atoms with E-state index in [1.807, 2.05) is 60.0 Å². The molecule has 0 unspecified atom stereocenters. The maximum Gasteiger partial charge on any atom is 0.305 e. The molecule has 0 aliphatic heterocycles. The molecule has 0 bridgehead atoms. The smallest absolute Gasteiger partial charge is 0.305 e. The molecule has 0 aliphatic carbocycles. The summed E-state index contributed by atoms with van der Waals surface area (Å²) in [7, 11) is 0. The van der Waals surface area contributed by atoms with E-state index < -0.39 is 5.97 Å². The molecule has 1 aromatic heterocycles. The van der Waals surface area contributed by atoms with Crippen LogP contribution in [0.15, 0.2) is 48.5 Å². The van der Waals surface area contributed by atoms with Gasteiger partial charge in [-0.2, -0.15) is 0 Å². The molecule has 4 heteroatoms. The summed E-state index contributed by atoms with van der Waals surface area (Å²) in [5.41, 5.74) is 4.02. The number of carboxylic acids is 1. The van der Waals surface area contributed by atoms with Crippen molar-refractivity contribution in [3.63, 3.8) is 0 Å². The topological polar surface area (TPSA) is 55.1 Å². The number of aliphatic carboxylic acids is 1. The highest BCUT2D eigenvalue weighted by molar-refractivity contribution is 5.81. The maximum absolute atomic E-state index is 10.9. The summed E-state index contributed by atoms with van der Waals surface area (Å²) in [6.45, 7) is 2.44. The Kier molecular flexibility index (Phi) is 3.44. The lowest BCUT2D eigenvalue weighted by atomic mass is 10.2. The lowest BCUT2D eigenvalue weighted by Gasteiger charge is -2.07. The van der Waals surface area contributed by atoms with Gasteiger partial charge in [-0.15, -0.1) is 0 Å². The van der Waals surface area contributed by atoms with Crippen molar-refractivity contribution in [2.45, 2.75) is 19.9 Å². The van der Waals surface area contributed by atoms with Crippen molar-refractivity contribution < 1.29 is 9.90 Å². The lowest BCUT2D eigenvalue weighted by Crippen LogP contribution is -2.06. The van der Waals surface area contributed by atoms with Crippen molar-refractivity contribution in [2.75, 3.05) is 0 Å². The first-order chi connectivity index (χ1) is 10.1. The quantitative estimate of drug-likeness (QED) is 0.796. The number of fused-ring (bicyclic) bond motifs is 1. The van der Waals surface area contributed by atoms with Crippen molar-refractivity contribution >= 4 is 17.0 Å². The average molecular weight is 280 g/mol. The van der Waals surface area contributed by atoms with E-state index in [0.29, 0.717) is 6.54 Å². The first kappa shape index (κ1) is 13.4. The molecule has 3 rings (SSSR count). The van der Waals surface area contributed by atoms with Crippen LogP contribution in [0.5, 0.6) is 0 Å².